The Labute approximate surface area is 150 Å². The minimum Gasteiger partial charge on any atom is -0.350 e. The summed E-state index contributed by atoms with van der Waals surface area (Å²) in [6.07, 6.45) is 0.935. The van der Waals surface area contributed by atoms with Crippen molar-refractivity contribution in [3.05, 3.63) is 17.5 Å². The summed E-state index contributed by atoms with van der Waals surface area (Å²) in [6, 6.07) is -0.0396. The molecule has 1 aromatic heterocycles. The van der Waals surface area contributed by atoms with Gasteiger partial charge in [0, 0.05) is 19.0 Å². The first kappa shape index (κ1) is 18.4. The van der Waals surface area contributed by atoms with Gasteiger partial charge in [-0.1, -0.05) is 6.92 Å². The number of nitrogens with one attached hydrogen (secondary N) is 3. The molecule has 1 saturated heterocycles. The minimum atomic E-state index is -3.36. The molecule has 1 fully saturated rings. The largest absolute Gasteiger partial charge is 0.350 e. The molecule has 3 heterocycles. The molecular formula is C15H21N5O5S. The lowest BCUT2D eigenvalue weighted by Gasteiger charge is -2.20. The van der Waals surface area contributed by atoms with Gasteiger partial charge in [0.05, 0.1) is 30.1 Å². The van der Waals surface area contributed by atoms with Gasteiger partial charge < -0.3 is 16.0 Å². The third kappa shape index (κ3) is 3.87. The molecular weight excluding hydrogens is 362 g/mol. The summed E-state index contributed by atoms with van der Waals surface area (Å²) in [6.45, 7) is 2.74. The van der Waals surface area contributed by atoms with Gasteiger partial charge in [0.2, 0.25) is 5.91 Å². The van der Waals surface area contributed by atoms with Crippen LogP contribution >= 0.6 is 0 Å². The normalized spacial score (nSPS) is 23.8. The number of hydrogen-bond acceptors (Lipinski definition) is 6. The molecule has 0 bridgehead atoms. The van der Waals surface area contributed by atoms with Gasteiger partial charge in [-0.05, 0) is 6.42 Å². The topological polar surface area (TPSA) is 139 Å². The lowest BCUT2D eigenvalue weighted by Crippen LogP contribution is -2.51. The number of carbonyl (C=O) groups is 3. The molecule has 3 rings (SSSR count). The van der Waals surface area contributed by atoms with Crippen LogP contribution in [0.2, 0.25) is 0 Å². The van der Waals surface area contributed by atoms with Crippen LogP contribution in [0, 0.1) is 0 Å². The van der Waals surface area contributed by atoms with Crippen LogP contribution < -0.4 is 16.0 Å². The molecule has 2 aliphatic rings. The van der Waals surface area contributed by atoms with Crippen LogP contribution in [-0.2, 0) is 21.2 Å². The van der Waals surface area contributed by atoms with Gasteiger partial charge in [-0.3, -0.25) is 19.1 Å². The maximum Gasteiger partial charge on any atom is 0.272 e. The first-order valence-electron chi connectivity index (χ1n) is 8.46. The molecule has 0 spiro atoms. The molecule has 0 radical (unpaired) electrons. The van der Waals surface area contributed by atoms with E-state index in [1.165, 1.54) is 10.7 Å². The van der Waals surface area contributed by atoms with E-state index in [2.05, 4.69) is 21.0 Å². The molecule has 2 atom stereocenters. The highest BCUT2D eigenvalue weighted by molar-refractivity contribution is 7.91. The van der Waals surface area contributed by atoms with Crippen molar-refractivity contribution >= 4 is 27.6 Å². The first-order valence-corrected chi connectivity index (χ1v) is 10.3. The number of hydrogen-bond donors (Lipinski definition) is 3. The fourth-order valence-corrected chi connectivity index (χ4v) is 4.99. The number of rotatable bonds is 5. The first-order chi connectivity index (χ1) is 12.3. The van der Waals surface area contributed by atoms with Crippen LogP contribution in [0.3, 0.4) is 0 Å². The molecule has 26 heavy (non-hydrogen) atoms. The molecule has 2 aliphatic heterocycles. The number of nitrogens with zero attached hydrogens (tertiary/aromatic N) is 2. The van der Waals surface area contributed by atoms with Gasteiger partial charge in [0.1, 0.15) is 5.69 Å². The zero-order valence-corrected chi connectivity index (χ0v) is 15.1. The van der Waals surface area contributed by atoms with Crippen molar-refractivity contribution in [3.8, 4) is 0 Å². The number of carbonyl (C=O) groups excluding carboxylic acids is 3. The van der Waals surface area contributed by atoms with E-state index in [1.807, 2.05) is 6.92 Å². The van der Waals surface area contributed by atoms with Crippen LogP contribution in [-0.4, -0.2) is 66.1 Å². The van der Waals surface area contributed by atoms with E-state index in [-0.39, 0.29) is 34.7 Å². The van der Waals surface area contributed by atoms with E-state index in [1.54, 1.807) is 0 Å². The van der Waals surface area contributed by atoms with Gasteiger partial charge >= 0.3 is 0 Å². The molecule has 142 valence electrons. The van der Waals surface area contributed by atoms with Crippen molar-refractivity contribution < 1.29 is 22.8 Å². The highest BCUT2D eigenvalue weighted by atomic mass is 32.2. The quantitative estimate of drug-likeness (QED) is 0.562. The van der Waals surface area contributed by atoms with E-state index in [4.69, 9.17) is 0 Å². The highest BCUT2D eigenvalue weighted by Crippen LogP contribution is 2.15. The van der Waals surface area contributed by atoms with Crippen LogP contribution in [0.1, 0.15) is 40.7 Å². The number of aromatic nitrogens is 2. The predicted molar refractivity (Wildman–Crippen MR) is 91.3 cm³/mol. The Hall–Kier alpha value is -2.43. The smallest absolute Gasteiger partial charge is 0.272 e. The molecule has 3 amide bonds. The van der Waals surface area contributed by atoms with Crippen molar-refractivity contribution in [2.75, 3.05) is 18.1 Å². The molecule has 11 heteroatoms. The molecule has 3 N–H and O–H groups in total. The zero-order valence-electron chi connectivity index (χ0n) is 14.3. The van der Waals surface area contributed by atoms with Crippen LogP contribution in [0.15, 0.2) is 6.07 Å². The van der Waals surface area contributed by atoms with E-state index in [9.17, 15) is 22.8 Å². The average molecular weight is 383 g/mol. The summed E-state index contributed by atoms with van der Waals surface area (Å²) in [5.74, 6) is -1.59. The van der Waals surface area contributed by atoms with E-state index < -0.39 is 27.8 Å². The van der Waals surface area contributed by atoms with E-state index >= 15 is 0 Å². The summed E-state index contributed by atoms with van der Waals surface area (Å²) in [5.41, 5.74) is 0.327. The van der Waals surface area contributed by atoms with Gasteiger partial charge in [-0.25, -0.2) is 8.42 Å². The average Bonchev–Trinajstić information content (AvgIpc) is 3.09. The standard InChI is InChI=1S/C15H21N5O5S/c1-2-3-13(21)17-10-7-26(24,25)8-11(10)18-14(22)9-6-12-15(23)16-4-5-20(12)19-9/h6,10-11H,2-5,7-8H2,1H3,(H,16,23)(H,17,21)(H,18,22)/t10-,11+/m0/s1. The Morgan fingerprint density at radius 1 is 1.31 bits per heavy atom. The summed E-state index contributed by atoms with van der Waals surface area (Å²) in [5, 5.41) is 12.1. The molecule has 1 aromatic rings. The monoisotopic (exact) mass is 383 g/mol. The van der Waals surface area contributed by atoms with Crippen molar-refractivity contribution in [2.45, 2.75) is 38.4 Å². The summed E-state index contributed by atoms with van der Waals surface area (Å²) in [4.78, 5) is 36.0. The summed E-state index contributed by atoms with van der Waals surface area (Å²) in [7, 11) is -3.36. The predicted octanol–water partition coefficient (Wildman–Crippen LogP) is -1.56. The third-order valence-electron chi connectivity index (χ3n) is 4.35. The van der Waals surface area contributed by atoms with Gasteiger partial charge in [0.15, 0.2) is 15.5 Å². The van der Waals surface area contributed by atoms with Crippen LogP contribution in [0.25, 0.3) is 0 Å². The molecule has 0 aromatic carbocycles. The van der Waals surface area contributed by atoms with Crippen molar-refractivity contribution in [3.63, 3.8) is 0 Å². The van der Waals surface area contributed by atoms with Gasteiger partial charge in [0.25, 0.3) is 11.8 Å². The summed E-state index contributed by atoms with van der Waals surface area (Å²) >= 11 is 0. The Bertz CT molecular complexity index is 847. The van der Waals surface area contributed by atoms with Gasteiger partial charge in [-0.2, -0.15) is 5.10 Å². The second-order valence-corrected chi connectivity index (χ2v) is 8.63. The van der Waals surface area contributed by atoms with Crippen molar-refractivity contribution in [2.24, 2.45) is 0 Å². The maximum absolute atomic E-state index is 12.5. The fraction of sp³-hybridized carbons (Fsp3) is 0.600. The minimum absolute atomic E-state index is 0.0417. The SMILES string of the molecule is CCCC(=O)N[C@H]1CS(=O)(=O)C[C@H]1NC(=O)c1cc2n(n1)CCNC2=O. The maximum atomic E-state index is 12.5. The molecule has 10 nitrogen and oxygen atoms in total. The fourth-order valence-electron chi connectivity index (χ4n) is 3.13. The van der Waals surface area contributed by atoms with Crippen LogP contribution in [0.5, 0.6) is 0 Å². The zero-order chi connectivity index (χ0) is 18.9. The molecule has 0 unspecified atom stereocenters. The second-order valence-electron chi connectivity index (χ2n) is 6.47. The third-order valence-corrected chi connectivity index (χ3v) is 6.08. The Morgan fingerprint density at radius 3 is 2.65 bits per heavy atom. The number of fused-ring (bicyclic) bond motifs is 1. The van der Waals surface area contributed by atoms with E-state index in [0.29, 0.717) is 25.9 Å². The van der Waals surface area contributed by atoms with Crippen molar-refractivity contribution in [1.82, 2.24) is 25.7 Å². The van der Waals surface area contributed by atoms with Gasteiger partial charge in [-0.15, -0.1) is 0 Å². The lowest BCUT2D eigenvalue weighted by atomic mass is 10.1. The Kier molecular flexibility index (Phi) is 4.99. The highest BCUT2D eigenvalue weighted by Gasteiger charge is 2.39. The molecule has 0 saturated carbocycles. The van der Waals surface area contributed by atoms with E-state index in [0.717, 1.165) is 0 Å². The summed E-state index contributed by atoms with van der Waals surface area (Å²) < 4.78 is 25.3. The Balaban J connectivity index is 1.72. The Morgan fingerprint density at radius 2 is 2.00 bits per heavy atom. The number of amides is 3. The van der Waals surface area contributed by atoms with Crippen molar-refractivity contribution in [1.29, 1.82) is 0 Å². The molecule has 0 aliphatic carbocycles. The second kappa shape index (κ2) is 7.06. The lowest BCUT2D eigenvalue weighted by molar-refractivity contribution is -0.121. The van der Waals surface area contributed by atoms with Crippen LogP contribution in [0.4, 0.5) is 0 Å². The number of sulfone groups is 1.